The van der Waals surface area contributed by atoms with Crippen LogP contribution in [0.4, 0.5) is 5.69 Å². The molecule has 3 aromatic rings. The molecule has 25 heavy (non-hydrogen) atoms. The first-order valence-corrected chi connectivity index (χ1v) is 8.40. The van der Waals surface area contributed by atoms with E-state index in [0.29, 0.717) is 5.82 Å². The number of hydrogen-bond acceptors (Lipinski definition) is 7. The van der Waals surface area contributed by atoms with Gasteiger partial charge in [0.2, 0.25) is 5.16 Å². The Morgan fingerprint density at radius 3 is 2.68 bits per heavy atom. The van der Waals surface area contributed by atoms with Crippen LogP contribution in [0.3, 0.4) is 0 Å². The zero-order valence-electron chi connectivity index (χ0n) is 13.2. The number of methoxy groups -OCH3 is 1. The van der Waals surface area contributed by atoms with Gasteiger partial charge in [0.05, 0.1) is 7.11 Å². The van der Waals surface area contributed by atoms with Crippen LogP contribution in [0.1, 0.15) is 10.9 Å². The van der Waals surface area contributed by atoms with Gasteiger partial charge in [-0.05, 0) is 18.2 Å². The first-order valence-electron chi connectivity index (χ1n) is 7.52. The van der Waals surface area contributed by atoms with Gasteiger partial charge < -0.3 is 15.4 Å². The molecule has 3 N–H and O–H groups in total. The number of rotatable bonds is 4. The first-order chi connectivity index (χ1) is 12.2. The number of fused-ring (bicyclic) bond motifs is 1. The number of thioether (sulfide) groups is 1. The maximum Gasteiger partial charge on any atom is 0.212 e. The minimum Gasteiger partial charge on any atom is -0.595 e. The summed E-state index contributed by atoms with van der Waals surface area (Å²) in [5, 5.41) is 28.2. The lowest BCUT2D eigenvalue weighted by Crippen LogP contribution is -2.99. The van der Waals surface area contributed by atoms with Gasteiger partial charge >= 0.3 is 0 Å². The summed E-state index contributed by atoms with van der Waals surface area (Å²) in [6.07, 6.45) is 0. The number of benzene rings is 2. The van der Waals surface area contributed by atoms with Crippen molar-refractivity contribution in [2.24, 2.45) is 0 Å². The number of aromatic nitrogens is 3. The minimum absolute atomic E-state index is 0.0429. The Morgan fingerprint density at radius 2 is 1.96 bits per heavy atom. The van der Waals surface area contributed by atoms with Crippen LogP contribution in [-0.4, -0.2) is 27.2 Å². The number of hydrogen-bond donors (Lipinski definition) is 3. The second kappa shape index (κ2) is 6.37. The maximum absolute atomic E-state index is 11.0. The van der Waals surface area contributed by atoms with Crippen LogP contribution in [0.25, 0.3) is 11.4 Å². The van der Waals surface area contributed by atoms with E-state index in [1.54, 1.807) is 43.1 Å². The third-order valence-corrected chi connectivity index (χ3v) is 4.98. The van der Waals surface area contributed by atoms with Crippen molar-refractivity contribution in [2.45, 2.75) is 10.5 Å². The summed E-state index contributed by atoms with van der Waals surface area (Å²) < 4.78 is 7.25. The van der Waals surface area contributed by atoms with Gasteiger partial charge in [0.15, 0.2) is 11.5 Å². The van der Waals surface area contributed by atoms with Crippen molar-refractivity contribution in [3.8, 4) is 17.1 Å². The molecule has 4 rings (SSSR count). The fraction of sp³-hybridized carbons (Fsp3) is 0.125. The molecule has 0 radical (unpaired) electrons. The van der Waals surface area contributed by atoms with Crippen molar-refractivity contribution in [2.75, 3.05) is 12.5 Å². The van der Waals surface area contributed by atoms with Crippen molar-refractivity contribution < 1.29 is 15.2 Å². The zero-order valence-corrected chi connectivity index (χ0v) is 14.0. The molecule has 1 aromatic heterocycles. The van der Waals surface area contributed by atoms with Crippen LogP contribution >= 0.6 is 11.8 Å². The van der Waals surface area contributed by atoms with E-state index >= 15 is 0 Å². The number of ether oxygens (including phenoxy) is 1. The Morgan fingerprint density at radius 1 is 1.20 bits per heavy atom. The standard InChI is InChI=1S/C16H15N5O3S/c1-24-13-5-3-2-4-12(13)15-19-20-14(17-18-16(20)25-15)10-6-8-11(9-7-10)21(22)23/h2-9,15,19,21-22H,1H3. The van der Waals surface area contributed by atoms with E-state index < -0.39 is 5.23 Å². The first kappa shape index (κ1) is 15.9. The Kier molecular flexibility index (Phi) is 4.06. The zero-order chi connectivity index (χ0) is 17.4. The lowest BCUT2D eigenvalue weighted by Gasteiger charge is -2.15. The van der Waals surface area contributed by atoms with Gasteiger partial charge in [-0.3, -0.25) is 0 Å². The van der Waals surface area contributed by atoms with Crippen LogP contribution < -0.4 is 15.4 Å². The molecule has 1 aliphatic heterocycles. The van der Waals surface area contributed by atoms with Crippen molar-refractivity contribution in [3.63, 3.8) is 0 Å². The maximum atomic E-state index is 11.0. The largest absolute Gasteiger partial charge is 0.595 e. The normalized spacial score (nSPS) is 17.0. The van der Waals surface area contributed by atoms with Gasteiger partial charge in [-0.1, -0.05) is 30.0 Å². The third kappa shape index (κ3) is 2.83. The van der Waals surface area contributed by atoms with E-state index in [0.717, 1.165) is 22.0 Å². The third-order valence-electron chi connectivity index (χ3n) is 3.91. The molecular formula is C16H15N5O3S. The smallest absolute Gasteiger partial charge is 0.212 e. The van der Waals surface area contributed by atoms with Crippen LogP contribution in [0.5, 0.6) is 5.75 Å². The molecular weight excluding hydrogens is 342 g/mol. The highest BCUT2D eigenvalue weighted by molar-refractivity contribution is 7.99. The summed E-state index contributed by atoms with van der Waals surface area (Å²) in [5.74, 6) is 1.44. The van der Waals surface area contributed by atoms with Crippen LogP contribution in [0, 0.1) is 5.21 Å². The Bertz CT molecular complexity index is 897. The summed E-state index contributed by atoms with van der Waals surface area (Å²) in [7, 11) is 1.65. The molecule has 1 aliphatic rings. The number of nitrogens with zero attached hydrogens (tertiary/aromatic N) is 3. The fourth-order valence-electron chi connectivity index (χ4n) is 2.68. The number of nitrogens with one attached hydrogen (secondary N) is 2. The van der Waals surface area contributed by atoms with E-state index in [1.165, 1.54) is 0 Å². The predicted octanol–water partition coefficient (Wildman–Crippen LogP) is 1.71. The molecule has 0 amide bonds. The summed E-state index contributed by atoms with van der Waals surface area (Å²) in [6, 6.07) is 14.4. The second-order valence-electron chi connectivity index (χ2n) is 5.39. The molecule has 9 heteroatoms. The van der Waals surface area contributed by atoms with Crippen LogP contribution in [0.2, 0.25) is 0 Å². The summed E-state index contributed by atoms with van der Waals surface area (Å²) in [5.41, 5.74) is 5.41. The Balaban J connectivity index is 1.63. The van der Waals surface area contributed by atoms with E-state index in [4.69, 9.17) is 9.94 Å². The average molecular weight is 357 g/mol. The molecule has 2 aromatic carbocycles. The van der Waals surface area contributed by atoms with Gasteiger partial charge in [0.25, 0.3) is 0 Å². The van der Waals surface area contributed by atoms with Crippen LogP contribution in [-0.2, 0) is 0 Å². The molecule has 0 aliphatic carbocycles. The molecule has 8 nitrogen and oxygen atoms in total. The van der Waals surface area contributed by atoms with E-state index in [2.05, 4.69) is 15.6 Å². The number of quaternary nitrogens is 1. The molecule has 0 spiro atoms. The monoisotopic (exact) mass is 357 g/mol. The molecule has 0 fully saturated rings. The van der Waals surface area contributed by atoms with Gasteiger partial charge in [-0.25, -0.2) is 9.88 Å². The van der Waals surface area contributed by atoms with E-state index in [-0.39, 0.29) is 11.1 Å². The summed E-state index contributed by atoms with van der Waals surface area (Å²) >= 11 is 1.55. The fourth-order valence-corrected chi connectivity index (χ4v) is 3.70. The second-order valence-corrected chi connectivity index (χ2v) is 6.47. The molecule has 0 saturated carbocycles. The summed E-state index contributed by atoms with van der Waals surface area (Å²) in [4.78, 5) is 0. The highest BCUT2D eigenvalue weighted by Crippen LogP contribution is 2.42. The Hall–Kier alpha value is -2.59. The molecule has 2 atom stereocenters. The predicted molar refractivity (Wildman–Crippen MR) is 92.2 cm³/mol. The van der Waals surface area contributed by atoms with Gasteiger partial charge in [-0.2, -0.15) is 5.23 Å². The van der Waals surface area contributed by atoms with Crippen molar-refractivity contribution in [1.29, 1.82) is 0 Å². The SMILES string of the molecule is COc1ccccc1C1Nn2c(nnc2-c2ccc([NH+]([O-])O)cc2)S1. The van der Waals surface area contributed by atoms with Crippen LogP contribution in [0.15, 0.2) is 53.7 Å². The molecule has 2 unspecified atom stereocenters. The minimum atomic E-state index is -0.956. The molecule has 2 heterocycles. The van der Waals surface area contributed by atoms with Crippen molar-refractivity contribution in [1.82, 2.24) is 14.9 Å². The van der Waals surface area contributed by atoms with Gasteiger partial charge in [0.1, 0.15) is 11.1 Å². The highest BCUT2D eigenvalue weighted by atomic mass is 32.2. The quantitative estimate of drug-likeness (QED) is 0.611. The topological polar surface area (TPSA) is 99.7 Å². The van der Waals surface area contributed by atoms with E-state index in [1.807, 2.05) is 28.9 Å². The number of para-hydroxylation sites is 1. The molecule has 0 bridgehead atoms. The lowest BCUT2D eigenvalue weighted by atomic mass is 10.2. The molecule has 128 valence electrons. The highest BCUT2D eigenvalue weighted by Gasteiger charge is 2.29. The van der Waals surface area contributed by atoms with Gasteiger partial charge in [0, 0.05) is 23.3 Å². The van der Waals surface area contributed by atoms with Gasteiger partial charge in [-0.15, -0.1) is 10.2 Å². The van der Waals surface area contributed by atoms with E-state index in [9.17, 15) is 5.21 Å². The van der Waals surface area contributed by atoms with Crippen molar-refractivity contribution in [3.05, 3.63) is 59.3 Å². The molecule has 0 saturated heterocycles. The van der Waals surface area contributed by atoms with Crippen molar-refractivity contribution >= 4 is 17.4 Å². The lowest BCUT2D eigenvalue weighted by molar-refractivity contribution is -0.991. The average Bonchev–Trinajstić information content (AvgIpc) is 3.22. The summed E-state index contributed by atoms with van der Waals surface area (Å²) in [6.45, 7) is 0. The Labute approximate surface area is 147 Å².